The van der Waals surface area contributed by atoms with Gasteiger partial charge < -0.3 is 14.2 Å². The second-order valence-electron chi connectivity index (χ2n) is 20.6. The molecular weight excluding hydrogens is 889 g/mol. The first-order valence-corrected chi connectivity index (χ1v) is 30.9. The van der Waals surface area contributed by atoms with Crippen LogP contribution in [0.4, 0.5) is 0 Å². The van der Waals surface area contributed by atoms with Gasteiger partial charge in [0, 0.05) is 19.3 Å². The Morgan fingerprint density at radius 3 is 0.833 bits per heavy atom. The van der Waals surface area contributed by atoms with Crippen molar-refractivity contribution < 1.29 is 28.6 Å². The highest BCUT2D eigenvalue weighted by Gasteiger charge is 2.19. The van der Waals surface area contributed by atoms with Crippen LogP contribution in [-0.4, -0.2) is 37.2 Å². The fourth-order valence-corrected chi connectivity index (χ4v) is 8.70. The van der Waals surface area contributed by atoms with Crippen LogP contribution in [0.2, 0.25) is 0 Å². The highest BCUT2D eigenvalue weighted by Crippen LogP contribution is 2.15. The van der Waals surface area contributed by atoms with Gasteiger partial charge in [-0.25, -0.2) is 0 Å². The summed E-state index contributed by atoms with van der Waals surface area (Å²) < 4.78 is 16.9. The van der Waals surface area contributed by atoms with Crippen LogP contribution in [-0.2, 0) is 28.6 Å². The van der Waals surface area contributed by atoms with E-state index >= 15 is 0 Å². The average Bonchev–Trinajstić information content (AvgIpc) is 3.38. The fourth-order valence-electron chi connectivity index (χ4n) is 8.70. The number of carbonyl (C=O) groups excluding carboxylic acids is 3. The fraction of sp³-hybridized carbons (Fsp3) is 0.773. The summed E-state index contributed by atoms with van der Waals surface area (Å²) in [6.45, 7) is 6.59. The van der Waals surface area contributed by atoms with Gasteiger partial charge in [-0.15, -0.1) is 0 Å². The zero-order valence-electron chi connectivity index (χ0n) is 47.7. The second kappa shape index (κ2) is 60.4. The maximum Gasteiger partial charge on any atom is 0.306 e. The van der Waals surface area contributed by atoms with E-state index in [9.17, 15) is 14.4 Å². The summed E-state index contributed by atoms with van der Waals surface area (Å²) in [6, 6.07) is 0. The van der Waals surface area contributed by atoms with Crippen molar-refractivity contribution in [2.45, 2.75) is 316 Å². The molecule has 0 aromatic rings. The largest absolute Gasteiger partial charge is 0.462 e. The minimum absolute atomic E-state index is 0.0844. The highest BCUT2D eigenvalue weighted by molar-refractivity contribution is 5.71. The van der Waals surface area contributed by atoms with Gasteiger partial charge in [0.15, 0.2) is 6.10 Å². The van der Waals surface area contributed by atoms with E-state index < -0.39 is 6.10 Å². The molecule has 0 fully saturated rings. The lowest BCUT2D eigenvalue weighted by atomic mass is 10.1. The molecule has 0 N–H and O–H groups in total. The van der Waals surface area contributed by atoms with E-state index in [2.05, 4.69) is 93.7 Å². The number of hydrogen-bond donors (Lipinski definition) is 0. The van der Waals surface area contributed by atoms with Crippen molar-refractivity contribution in [2.75, 3.05) is 13.2 Å². The Bertz CT molecular complexity index is 1340. The standard InChI is InChI=1S/C66H116O6/c1-4-7-10-13-16-19-22-25-28-29-30-31-32-33-34-35-36-37-39-41-44-47-50-53-56-59-65(68)71-62-63(61-70-64(67)58-55-52-49-46-43-40-27-24-21-18-15-12-9-6-3)72-66(69)60-57-54-51-48-45-42-38-26-23-20-17-14-11-8-5-2/h15,18,22,24-27,29-30,32-33,38,63H,4-14,16-17,19-21,23,28,31,34-37,39-62H2,1-3H3/b18-15-,25-22-,27-24-,30-29-,33-32-,38-26-. The van der Waals surface area contributed by atoms with Crippen molar-refractivity contribution in [1.29, 1.82) is 0 Å². The van der Waals surface area contributed by atoms with Crippen LogP contribution in [0.1, 0.15) is 310 Å². The highest BCUT2D eigenvalue weighted by atomic mass is 16.6. The summed E-state index contributed by atoms with van der Waals surface area (Å²) in [5, 5.41) is 0. The van der Waals surface area contributed by atoms with Gasteiger partial charge in [0.2, 0.25) is 0 Å². The molecule has 0 aromatic heterocycles. The van der Waals surface area contributed by atoms with Gasteiger partial charge in [0.25, 0.3) is 0 Å². The van der Waals surface area contributed by atoms with Crippen LogP contribution in [0.3, 0.4) is 0 Å². The van der Waals surface area contributed by atoms with Gasteiger partial charge in [-0.05, 0) is 109 Å². The Morgan fingerprint density at radius 2 is 0.514 bits per heavy atom. The molecule has 1 unspecified atom stereocenters. The predicted octanol–water partition coefficient (Wildman–Crippen LogP) is 20.9. The molecule has 0 bridgehead atoms. The normalized spacial score (nSPS) is 12.5. The number of carbonyl (C=O) groups is 3. The molecule has 72 heavy (non-hydrogen) atoms. The summed E-state index contributed by atoms with van der Waals surface area (Å²) in [4.78, 5) is 38.2. The van der Waals surface area contributed by atoms with Gasteiger partial charge in [-0.3, -0.25) is 14.4 Å². The molecule has 0 radical (unpaired) electrons. The Morgan fingerprint density at radius 1 is 0.278 bits per heavy atom. The van der Waals surface area contributed by atoms with Crippen LogP contribution in [0, 0.1) is 0 Å². The lowest BCUT2D eigenvalue weighted by Gasteiger charge is -2.18. The number of allylic oxidation sites excluding steroid dienone is 12. The van der Waals surface area contributed by atoms with Crippen molar-refractivity contribution >= 4 is 17.9 Å². The molecule has 0 heterocycles. The van der Waals surface area contributed by atoms with Crippen LogP contribution in [0.25, 0.3) is 0 Å². The molecular formula is C66H116O6. The van der Waals surface area contributed by atoms with Crippen LogP contribution in [0.5, 0.6) is 0 Å². The number of rotatable bonds is 56. The molecule has 0 aliphatic heterocycles. The van der Waals surface area contributed by atoms with E-state index in [1.54, 1.807) is 0 Å². The first kappa shape index (κ1) is 68.8. The van der Waals surface area contributed by atoms with Crippen LogP contribution < -0.4 is 0 Å². The van der Waals surface area contributed by atoms with Gasteiger partial charge in [-0.2, -0.15) is 0 Å². The number of ether oxygens (including phenoxy) is 3. The molecule has 0 saturated heterocycles. The van der Waals surface area contributed by atoms with Crippen molar-refractivity contribution in [1.82, 2.24) is 0 Å². The molecule has 1 atom stereocenters. The van der Waals surface area contributed by atoms with Crippen LogP contribution in [0.15, 0.2) is 72.9 Å². The maximum atomic E-state index is 12.9. The lowest BCUT2D eigenvalue weighted by Crippen LogP contribution is -2.30. The first-order valence-electron chi connectivity index (χ1n) is 30.9. The third-order valence-electron chi connectivity index (χ3n) is 13.4. The van der Waals surface area contributed by atoms with Gasteiger partial charge in [0.05, 0.1) is 0 Å². The van der Waals surface area contributed by atoms with E-state index in [1.807, 2.05) is 0 Å². The summed E-state index contributed by atoms with van der Waals surface area (Å²) in [5.41, 5.74) is 0. The molecule has 0 amide bonds. The number of unbranched alkanes of at least 4 members (excludes halogenated alkanes) is 33. The Kier molecular flexibility index (Phi) is 57.8. The van der Waals surface area contributed by atoms with Crippen molar-refractivity contribution in [3.05, 3.63) is 72.9 Å². The lowest BCUT2D eigenvalue weighted by molar-refractivity contribution is -0.167. The molecule has 6 nitrogen and oxygen atoms in total. The molecule has 416 valence electrons. The minimum atomic E-state index is -0.788. The van der Waals surface area contributed by atoms with E-state index in [1.165, 1.54) is 167 Å². The summed E-state index contributed by atoms with van der Waals surface area (Å²) >= 11 is 0. The quantitative estimate of drug-likeness (QED) is 0.0261. The van der Waals surface area contributed by atoms with Crippen LogP contribution >= 0.6 is 0 Å². The smallest absolute Gasteiger partial charge is 0.306 e. The number of esters is 3. The van der Waals surface area contributed by atoms with Crippen molar-refractivity contribution in [2.24, 2.45) is 0 Å². The molecule has 0 aliphatic rings. The van der Waals surface area contributed by atoms with E-state index in [0.29, 0.717) is 19.3 Å². The Hall–Kier alpha value is -3.15. The topological polar surface area (TPSA) is 78.9 Å². The van der Waals surface area contributed by atoms with Crippen molar-refractivity contribution in [3.8, 4) is 0 Å². The monoisotopic (exact) mass is 1000 g/mol. The summed E-state index contributed by atoms with van der Waals surface area (Å²) in [7, 11) is 0. The molecule has 0 spiro atoms. The summed E-state index contributed by atoms with van der Waals surface area (Å²) in [5.74, 6) is -0.900. The summed E-state index contributed by atoms with van der Waals surface area (Å²) in [6.07, 6.45) is 77.5. The van der Waals surface area contributed by atoms with Gasteiger partial charge >= 0.3 is 17.9 Å². The molecule has 0 saturated carbocycles. The zero-order valence-corrected chi connectivity index (χ0v) is 47.7. The van der Waals surface area contributed by atoms with E-state index in [-0.39, 0.29) is 31.1 Å². The molecule has 0 aliphatic carbocycles. The second-order valence-corrected chi connectivity index (χ2v) is 20.6. The zero-order chi connectivity index (χ0) is 52.2. The maximum absolute atomic E-state index is 12.9. The molecule has 0 aromatic carbocycles. The average molecular weight is 1010 g/mol. The predicted molar refractivity (Wildman–Crippen MR) is 311 cm³/mol. The first-order chi connectivity index (χ1) is 35.5. The third-order valence-corrected chi connectivity index (χ3v) is 13.4. The SMILES string of the molecule is CCCC/C=C\C/C=C\CCCCCCCC(=O)OCC(COC(=O)CCCCCCCCCCCC/C=C\C/C=C\C/C=C\CCCCCCC)OC(=O)CCCCCCC/C=C\CCCCCCCC. The van der Waals surface area contributed by atoms with Gasteiger partial charge in [0.1, 0.15) is 13.2 Å². The van der Waals surface area contributed by atoms with E-state index in [4.69, 9.17) is 14.2 Å². The minimum Gasteiger partial charge on any atom is -0.462 e. The Labute approximate surface area is 446 Å². The third kappa shape index (κ3) is 57.7. The van der Waals surface area contributed by atoms with Gasteiger partial charge in [-0.1, -0.05) is 254 Å². The van der Waals surface area contributed by atoms with Crippen molar-refractivity contribution in [3.63, 3.8) is 0 Å². The molecule has 6 heteroatoms. The molecule has 0 rings (SSSR count). The number of hydrogen-bond acceptors (Lipinski definition) is 6. The van der Waals surface area contributed by atoms with E-state index in [0.717, 1.165) is 103 Å². The Balaban J connectivity index is 4.32.